The maximum absolute atomic E-state index is 14.0. The van der Waals surface area contributed by atoms with Gasteiger partial charge in [-0.25, -0.2) is 9.59 Å². The third-order valence-electron chi connectivity index (χ3n) is 7.97. The number of amides is 2. The van der Waals surface area contributed by atoms with Gasteiger partial charge in [-0.15, -0.1) is 11.3 Å². The molecule has 1 aromatic rings. The van der Waals surface area contributed by atoms with Crippen LogP contribution in [0, 0.1) is 23.2 Å². The predicted molar refractivity (Wildman–Crippen MR) is 153 cm³/mol. The monoisotopic (exact) mass is 557 g/mol. The van der Waals surface area contributed by atoms with E-state index in [1.165, 1.54) is 0 Å². The van der Waals surface area contributed by atoms with Gasteiger partial charge < -0.3 is 25.4 Å². The normalized spacial score (nSPS) is 25.8. The molecule has 2 aliphatic carbocycles. The largest absolute Gasteiger partial charge is 0.477 e. The first-order chi connectivity index (χ1) is 18.4. The fourth-order valence-corrected chi connectivity index (χ4v) is 6.69. The summed E-state index contributed by atoms with van der Waals surface area (Å²) in [6, 6.07) is 1.64. The van der Waals surface area contributed by atoms with Crippen molar-refractivity contribution in [1.29, 1.82) is 0 Å². The van der Waals surface area contributed by atoms with Crippen LogP contribution in [-0.2, 0) is 9.53 Å². The highest BCUT2D eigenvalue weighted by Gasteiger charge is 2.38. The number of ether oxygens (including phenoxy) is 1. The lowest BCUT2D eigenvalue weighted by atomic mass is 9.85. The van der Waals surface area contributed by atoms with Gasteiger partial charge in [0.25, 0.3) is 0 Å². The number of hydrogen-bond donors (Lipinski definition) is 3. The number of nitrogens with one attached hydrogen (secondary N) is 2. The number of carbonyl (C=O) groups excluding carboxylic acids is 2. The summed E-state index contributed by atoms with van der Waals surface area (Å²) in [5, 5.41) is 16.3. The van der Waals surface area contributed by atoms with Gasteiger partial charge in [-0.05, 0) is 78.8 Å². The molecule has 3 aliphatic rings. The van der Waals surface area contributed by atoms with Crippen LogP contribution >= 0.6 is 11.3 Å². The van der Waals surface area contributed by atoms with Crippen LogP contribution in [0.25, 0.3) is 0 Å². The highest BCUT2D eigenvalue weighted by atomic mass is 32.1. The van der Waals surface area contributed by atoms with Crippen LogP contribution in [0.4, 0.5) is 10.5 Å². The van der Waals surface area contributed by atoms with Crippen LogP contribution in [0.5, 0.6) is 0 Å². The zero-order valence-electron chi connectivity index (χ0n) is 23.7. The molecular formula is C30H43N3O5S. The van der Waals surface area contributed by atoms with Gasteiger partial charge >= 0.3 is 12.1 Å². The van der Waals surface area contributed by atoms with E-state index in [-0.39, 0.29) is 34.2 Å². The summed E-state index contributed by atoms with van der Waals surface area (Å²) in [6.45, 7) is 9.47. The van der Waals surface area contributed by atoms with E-state index < -0.39 is 17.7 Å². The maximum Gasteiger partial charge on any atom is 0.407 e. The topological polar surface area (TPSA) is 108 Å². The van der Waals surface area contributed by atoms with Crippen molar-refractivity contribution in [2.24, 2.45) is 11.3 Å². The van der Waals surface area contributed by atoms with E-state index in [0.717, 1.165) is 56.4 Å². The molecule has 0 bridgehead atoms. The lowest BCUT2D eigenvalue weighted by molar-refractivity contribution is -0.124. The first-order valence-corrected chi connectivity index (χ1v) is 15.2. The van der Waals surface area contributed by atoms with Crippen LogP contribution in [-0.4, -0.2) is 53.9 Å². The summed E-state index contributed by atoms with van der Waals surface area (Å²) in [4.78, 5) is 41.5. The number of carbonyl (C=O) groups is 3. The third kappa shape index (κ3) is 7.76. The zero-order valence-corrected chi connectivity index (χ0v) is 24.5. The number of carboxylic acids is 1. The van der Waals surface area contributed by atoms with Crippen molar-refractivity contribution in [3.63, 3.8) is 0 Å². The van der Waals surface area contributed by atoms with E-state index >= 15 is 0 Å². The number of rotatable bonds is 6. The summed E-state index contributed by atoms with van der Waals surface area (Å²) in [6.07, 6.45) is 8.03. The number of thiophene rings is 1. The predicted octanol–water partition coefficient (Wildman–Crippen LogP) is 5.55. The van der Waals surface area contributed by atoms with Gasteiger partial charge in [0.15, 0.2) is 0 Å². The molecule has 1 saturated heterocycles. The molecule has 2 saturated carbocycles. The summed E-state index contributed by atoms with van der Waals surface area (Å²) in [5.41, 5.74) is -0.230. The van der Waals surface area contributed by atoms with Crippen molar-refractivity contribution in [2.45, 2.75) is 110 Å². The summed E-state index contributed by atoms with van der Waals surface area (Å²) in [7, 11) is 0. The van der Waals surface area contributed by atoms with E-state index in [0.29, 0.717) is 42.8 Å². The van der Waals surface area contributed by atoms with E-state index in [1.807, 2.05) is 27.7 Å². The minimum absolute atomic E-state index is 0.0304. The van der Waals surface area contributed by atoms with Gasteiger partial charge in [-0.2, -0.15) is 0 Å². The smallest absolute Gasteiger partial charge is 0.407 e. The van der Waals surface area contributed by atoms with Crippen LogP contribution in [0.1, 0.15) is 106 Å². The summed E-state index contributed by atoms with van der Waals surface area (Å²) < 4.78 is 5.70. The molecule has 0 radical (unpaired) electrons. The van der Waals surface area contributed by atoms with Crippen LogP contribution in [0.15, 0.2) is 6.07 Å². The highest BCUT2D eigenvalue weighted by Crippen LogP contribution is 2.38. The average Bonchev–Trinajstić information content (AvgIpc) is 3.50. The molecule has 1 aliphatic heterocycles. The Bertz CT molecular complexity index is 1110. The Morgan fingerprint density at radius 3 is 2.41 bits per heavy atom. The number of hydrogen-bond acceptors (Lipinski definition) is 6. The van der Waals surface area contributed by atoms with Crippen molar-refractivity contribution in [1.82, 2.24) is 10.6 Å². The second-order valence-corrected chi connectivity index (χ2v) is 13.6. The standard InChI is InChI=1S/C30H43N3O5S/c1-29(2,3)15-14-23-18-24(25(39-23)27(35)36)33(26(34)20-8-6-5-7-9-20)22-12-10-21(11-13-22)32-28(37)38-30(4)16-17-31-19-30/h18,20-22,31H,5-13,16-17,19H2,1-4H3,(H,32,37)(H,35,36). The molecule has 214 valence electrons. The Balaban J connectivity index is 1.53. The minimum Gasteiger partial charge on any atom is -0.477 e. The molecule has 1 atom stereocenters. The first-order valence-electron chi connectivity index (χ1n) is 14.4. The Morgan fingerprint density at radius 2 is 1.82 bits per heavy atom. The Labute approximate surface area is 236 Å². The molecule has 1 unspecified atom stereocenters. The molecule has 0 aromatic carbocycles. The molecule has 3 fully saturated rings. The van der Waals surface area contributed by atoms with E-state index in [2.05, 4.69) is 22.5 Å². The number of anilines is 1. The lowest BCUT2D eigenvalue weighted by Gasteiger charge is -2.39. The van der Waals surface area contributed by atoms with Gasteiger partial charge in [0, 0.05) is 36.4 Å². The van der Waals surface area contributed by atoms with Crippen molar-refractivity contribution in [3.8, 4) is 11.8 Å². The fourth-order valence-electron chi connectivity index (χ4n) is 5.85. The zero-order chi connectivity index (χ0) is 28.2. The molecule has 9 heteroatoms. The molecule has 1 aromatic heterocycles. The van der Waals surface area contributed by atoms with Crippen LogP contribution in [0.2, 0.25) is 0 Å². The van der Waals surface area contributed by atoms with E-state index in [1.54, 1.807) is 11.0 Å². The van der Waals surface area contributed by atoms with Crippen LogP contribution in [0.3, 0.4) is 0 Å². The molecule has 4 rings (SSSR count). The quantitative estimate of drug-likeness (QED) is 0.396. The van der Waals surface area contributed by atoms with Gasteiger partial charge in [0.1, 0.15) is 10.5 Å². The average molecular weight is 558 g/mol. The molecule has 2 amide bonds. The minimum atomic E-state index is -1.03. The summed E-state index contributed by atoms with van der Waals surface area (Å²) in [5.74, 6) is 5.24. The van der Waals surface area contributed by atoms with Gasteiger partial charge in [0.2, 0.25) is 5.91 Å². The SMILES string of the molecule is CC(C)(C)C#Cc1cc(N(C(=O)C2CCCCC2)C2CCC(NC(=O)OC3(C)CCNC3)CC2)c(C(=O)O)s1. The number of alkyl carbamates (subject to hydrolysis) is 1. The Hall–Kier alpha value is -2.57. The molecule has 0 spiro atoms. The molecule has 8 nitrogen and oxygen atoms in total. The molecule has 39 heavy (non-hydrogen) atoms. The van der Waals surface area contributed by atoms with Crippen molar-refractivity contribution < 1.29 is 24.2 Å². The van der Waals surface area contributed by atoms with Gasteiger partial charge in [-0.3, -0.25) is 4.79 Å². The van der Waals surface area contributed by atoms with E-state index in [9.17, 15) is 19.5 Å². The van der Waals surface area contributed by atoms with Crippen molar-refractivity contribution in [3.05, 3.63) is 15.8 Å². The molecule has 3 N–H and O–H groups in total. The van der Waals surface area contributed by atoms with E-state index in [4.69, 9.17) is 4.74 Å². The first kappa shape index (κ1) is 29.4. The fraction of sp³-hybridized carbons (Fsp3) is 0.700. The number of carboxylic acid groups (broad SMARTS) is 1. The second kappa shape index (κ2) is 12.3. The molecular weight excluding hydrogens is 514 g/mol. The summed E-state index contributed by atoms with van der Waals surface area (Å²) >= 11 is 1.14. The van der Waals surface area contributed by atoms with Crippen molar-refractivity contribution in [2.75, 3.05) is 18.0 Å². The maximum atomic E-state index is 14.0. The second-order valence-electron chi connectivity index (χ2n) is 12.6. The Morgan fingerprint density at radius 1 is 1.13 bits per heavy atom. The van der Waals surface area contributed by atoms with Crippen LogP contribution < -0.4 is 15.5 Å². The Kier molecular flexibility index (Phi) is 9.28. The highest BCUT2D eigenvalue weighted by molar-refractivity contribution is 7.15. The lowest BCUT2D eigenvalue weighted by Crippen LogP contribution is -2.49. The third-order valence-corrected chi connectivity index (χ3v) is 9.00. The number of nitrogens with zero attached hydrogens (tertiary/aromatic N) is 1. The van der Waals surface area contributed by atoms with Gasteiger partial charge in [-0.1, -0.05) is 31.1 Å². The molecule has 2 heterocycles. The van der Waals surface area contributed by atoms with Crippen molar-refractivity contribution >= 4 is 35.0 Å². The number of aromatic carboxylic acids is 1. The van der Waals surface area contributed by atoms with Gasteiger partial charge in [0.05, 0.1) is 10.6 Å².